The van der Waals surface area contributed by atoms with E-state index in [1.807, 2.05) is 0 Å². The third-order valence-electron chi connectivity index (χ3n) is 6.18. The molecule has 0 unspecified atom stereocenters. The topological polar surface area (TPSA) is 52.6 Å². The summed E-state index contributed by atoms with van der Waals surface area (Å²) in [6.07, 6.45) is 14.8. The van der Waals surface area contributed by atoms with Crippen molar-refractivity contribution in [2.45, 2.75) is 123 Å². The Bertz CT molecular complexity index is 518. The number of hydrogen-bond donors (Lipinski definition) is 0. The van der Waals surface area contributed by atoms with Crippen molar-refractivity contribution in [3.05, 3.63) is 11.6 Å². The molecule has 0 aromatic heterocycles. The first-order chi connectivity index (χ1) is 14.1. The Hall–Kier alpha value is -0.943. The molecule has 0 heterocycles. The number of allylic oxidation sites excluding steroid dienone is 1. The molecule has 176 valence electrons. The summed E-state index contributed by atoms with van der Waals surface area (Å²) < 4.78 is 11.0. The van der Waals surface area contributed by atoms with Gasteiger partial charge in [0.05, 0.1) is 12.7 Å². The summed E-state index contributed by atoms with van der Waals surface area (Å²) in [5.74, 6) is -0.641. The Labute approximate surface area is 187 Å². The molecule has 0 rings (SSSR count). The average Bonchev–Trinajstić information content (AvgIpc) is 2.68. The van der Waals surface area contributed by atoms with Crippen molar-refractivity contribution in [2.24, 2.45) is 0 Å². The van der Waals surface area contributed by atoms with Crippen LogP contribution in [0.5, 0.6) is 0 Å². The summed E-state index contributed by atoms with van der Waals surface area (Å²) in [6.45, 7) is 13.8. The van der Waals surface area contributed by atoms with E-state index in [1.54, 1.807) is 6.08 Å². The van der Waals surface area contributed by atoms with Crippen molar-refractivity contribution in [3.8, 4) is 0 Å². The fourth-order valence-electron chi connectivity index (χ4n) is 3.03. The predicted octanol–water partition coefficient (Wildman–Crippen LogP) is 7.38. The summed E-state index contributed by atoms with van der Waals surface area (Å²) in [6, 6.07) is 0. The number of carbonyl (C=O) groups is 2. The van der Waals surface area contributed by atoms with Crippen molar-refractivity contribution in [1.82, 2.24) is 0 Å². The van der Waals surface area contributed by atoms with Gasteiger partial charge >= 0.3 is 5.97 Å². The van der Waals surface area contributed by atoms with Crippen LogP contribution in [0, 0.1) is 0 Å². The van der Waals surface area contributed by atoms with E-state index in [-0.39, 0.29) is 16.4 Å². The third-order valence-corrected chi connectivity index (χ3v) is 10.7. The predicted molar refractivity (Wildman–Crippen MR) is 129 cm³/mol. The van der Waals surface area contributed by atoms with Gasteiger partial charge in [-0.25, -0.2) is 4.79 Å². The average molecular weight is 441 g/mol. The van der Waals surface area contributed by atoms with Crippen LogP contribution in [-0.4, -0.2) is 33.8 Å². The van der Waals surface area contributed by atoms with Gasteiger partial charge in [-0.1, -0.05) is 85.1 Å². The number of rotatable bonds is 17. The molecule has 0 aliphatic rings. The van der Waals surface area contributed by atoms with E-state index in [4.69, 9.17) is 9.16 Å². The van der Waals surface area contributed by atoms with Gasteiger partial charge in [0.1, 0.15) is 0 Å². The number of esters is 1. The molecule has 0 saturated carbocycles. The second-order valence-corrected chi connectivity index (χ2v) is 14.7. The molecule has 0 fully saturated rings. The minimum atomic E-state index is -1.80. The maximum absolute atomic E-state index is 12.5. The molecule has 4 nitrogen and oxygen atoms in total. The fraction of sp³-hybridized carbons (Fsp3) is 0.840. The normalized spacial score (nSPS) is 12.8. The molecular weight excluding hydrogens is 392 g/mol. The van der Waals surface area contributed by atoms with Crippen LogP contribution in [-0.2, 0) is 18.8 Å². The van der Waals surface area contributed by atoms with Crippen LogP contribution >= 0.6 is 0 Å². The van der Waals surface area contributed by atoms with Gasteiger partial charge in [-0.3, -0.25) is 4.79 Å². The monoisotopic (exact) mass is 440 g/mol. The zero-order chi connectivity index (χ0) is 23.0. The minimum absolute atomic E-state index is 0.128. The number of ether oxygens (including phenoxy) is 1. The highest BCUT2D eigenvalue weighted by atomic mass is 28.4. The smallest absolute Gasteiger partial charge is 0.341 e. The summed E-state index contributed by atoms with van der Waals surface area (Å²) in [5, 5.41) is 0.156. The lowest BCUT2D eigenvalue weighted by Crippen LogP contribution is -2.41. The maximum Gasteiger partial charge on any atom is 0.341 e. The Kier molecular flexibility index (Phi) is 15.3. The third kappa shape index (κ3) is 12.7. The highest BCUT2D eigenvalue weighted by Crippen LogP contribution is 2.36. The lowest BCUT2D eigenvalue weighted by Gasteiger charge is -2.36. The second-order valence-electron chi connectivity index (χ2n) is 9.86. The van der Waals surface area contributed by atoms with Gasteiger partial charge in [0, 0.05) is 13.0 Å². The Morgan fingerprint density at radius 2 is 1.40 bits per heavy atom. The van der Waals surface area contributed by atoms with Crippen molar-refractivity contribution in [1.29, 1.82) is 0 Å². The van der Waals surface area contributed by atoms with Crippen LogP contribution in [0.4, 0.5) is 0 Å². The number of hydrogen-bond acceptors (Lipinski definition) is 4. The molecule has 0 amide bonds. The second kappa shape index (κ2) is 15.8. The van der Waals surface area contributed by atoms with E-state index in [0.717, 1.165) is 19.3 Å². The van der Waals surface area contributed by atoms with Crippen LogP contribution in [0.1, 0.15) is 105 Å². The molecule has 0 N–H and O–H groups in total. The van der Waals surface area contributed by atoms with Gasteiger partial charge in [-0.05, 0) is 37.4 Å². The molecule has 5 heteroatoms. The van der Waals surface area contributed by atoms with Crippen molar-refractivity contribution in [3.63, 3.8) is 0 Å². The zero-order valence-electron chi connectivity index (χ0n) is 20.9. The van der Waals surface area contributed by atoms with Crippen LogP contribution in [0.2, 0.25) is 18.1 Å². The number of unbranched alkanes of at least 4 members (excludes halogenated alkanes) is 9. The lowest BCUT2D eigenvalue weighted by molar-refractivity contribution is -0.137. The van der Waals surface area contributed by atoms with Gasteiger partial charge < -0.3 is 9.16 Å². The first-order valence-corrected chi connectivity index (χ1v) is 14.9. The molecule has 0 aromatic rings. The van der Waals surface area contributed by atoms with Gasteiger partial charge in [-0.15, -0.1) is 0 Å². The summed E-state index contributed by atoms with van der Waals surface area (Å²) in [7, 11) is -0.461. The molecule has 0 saturated heterocycles. The van der Waals surface area contributed by atoms with Crippen LogP contribution in [0.3, 0.4) is 0 Å². The molecule has 30 heavy (non-hydrogen) atoms. The first-order valence-electron chi connectivity index (χ1n) is 12.0. The van der Waals surface area contributed by atoms with Crippen LogP contribution in [0.15, 0.2) is 11.6 Å². The lowest BCUT2D eigenvalue weighted by atomic mass is 10.0. The SMILES string of the molecule is CCCCCCCCCCC/C=C(\C(=O)CCCO[Si](C)(C)C(C)(C)C)C(=O)OC. The molecule has 0 spiro atoms. The summed E-state index contributed by atoms with van der Waals surface area (Å²) >= 11 is 0. The van der Waals surface area contributed by atoms with E-state index in [1.165, 1.54) is 52.1 Å². The van der Waals surface area contributed by atoms with Gasteiger partial charge in [-0.2, -0.15) is 0 Å². The van der Waals surface area contributed by atoms with Gasteiger partial charge in [0.2, 0.25) is 0 Å². The number of ketones is 1. The van der Waals surface area contributed by atoms with E-state index < -0.39 is 14.3 Å². The molecular formula is C25H48O4Si. The molecule has 0 atom stereocenters. The number of Topliss-reactive ketones (excluding diaryl/α,β-unsaturated/α-hetero) is 1. The molecule has 0 aromatic carbocycles. The van der Waals surface area contributed by atoms with E-state index in [0.29, 0.717) is 19.4 Å². The van der Waals surface area contributed by atoms with Crippen LogP contribution < -0.4 is 0 Å². The van der Waals surface area contributed by atoms with E-state index in [2.05, 4.69) is 40.8 Å². The highest BCUT2D eigenvalue weighted by molar-refractivity contribution is 6.74. The van der Waals surface area contributed by atoms with Crippen molar-refractivity contribution < 1.29 is 18.8 Å². The number of carbonyl (C=O) groups excluding carboxylic acids is 2. The van der Waals surface area contributed by atoms with Crippen molar-refractivity contribution >= 4 is 20.1 Å². The Balaban J connectivity index is 4.27. The molecule has 0 bridgehead atoms. The summed E-state index contributed by atoms with van der Waals surface area (Å²) in [5.41, 5.74) is 0.212. The fourth-order valence-corrected chi connectivity index (χ4v) is 4.12. The highest BCUT2D eigenvalue weighted by Gasteiger charge is 2.36. The van der Waals surface area contributed by atoms with Crippen LogP contribution in [0.25, 0.3) is 0 Å². The van der Waals surface area contributed by atoms with Gasteiger partial charge in [0.15, 0.2) is 14.1 Å². The van der Waals surface area contributed by atoms with Gasteiger partial charge in [0.25, 0.3) is 0 Å². The Morgan fingerprint density at radius 3 is 1.90 bits per heavy atom. The number of methoxy groups -OCH3 is 1. The molecule has 0 radical (unpaired) electrons. The minimum Gasteiger partial charge on any atom is -0.465 e. The zero-order valence-corrected chi connectivity index (χ0v) is 21.9. The first kappa shape index (κ1) is 29.1. The summed E-state index contributed by atoms with van der Waals surface area (Å²) in [4.78, 5) is 24.6. The van der Waals surface area contributed by atoms with Crippen molar-refractivity contribution in [2.75, 3.05) is 13.7 Å². The largest absolute Gasteiger partial charge is 0.465 e. The molecule has 0 aliphatic carbocycles. The quantitative estimate of drug-likeness (QED) is 0.0591. The molecule has 0 aliphatic heterocycles. The maximum atomic E-state index is 12.5. The van der Waals surface area contributed by atoms with E-state index in [9.17, 15) is 9.59 Å². The Morgan fingerprint density at radius 1 is 0.867 bits per heavy atom. The van der Waals surface area contributed by atoms with E-state index >= 15 is 0 Å². The standard InChI is InChI=1S/C25H48O4Si/c1-8-9-10-11-12-13-14-15-16-17-19-22(24(27)28-5)23(26)20-18-21-29-30(6,7)25(2,3)4/h19H,8-18,20-21H2,1-7H3/b22-19+.